The number of phenolic OH excluding ortho intramolecular Hbond substituents is 2. The first-order valence-electron chi connectivity index (χ1n) is 6.64. The van der Waals surface area contributed by atoms with Gasteiger partial charge >= 0.3 is 11.9 Å². The first-order chi connectivity index (χ1) is 11.0. The molecule has 0 unspecified atom stereocenters. The zero-order valence-electron chi connectivity index (χ0n) is 12.1. The highest BCUT2D eigenvalue weighted by molar-refractivity contribution is 5.95. The highest BCUT2D eigenvalue weighted by Gasteiger charge is 2.17. The molecule has 0 aliphatic heterocycles. The lowest BCUT2D eigenvalue weighted by Crippen LogP contribution is -2.16. The molecule has 0 bridgehead atoms. The number of hydrogen-bond acceptors (Lipinski definition) is 6. The molecular formula is C17H14O6. The van der Waals surface area contributed by atoms with Gasteiger partial charge in [-0.25, -0.2) is 4.79 Å². The van der Waals surface area contributed by atoms with E-state index < -0.39 is 18.4 Å². The predicted molar refractivity (Wildman–Crippen MR) is 81.2 cm³/mol. The third-order valence-corrected chi connectivity index (χ3v) is 2.80. The third-order valence-electron chi connectivity index (χ3n) is 2.80. The average molecular weight is 314 g/mol. The molecule has 6 nitrogen and oxygen atoms in total. The molecule has 0 spiro atoms. The van der Waals surface area contributed by atoms with Crippen molar-refractivity contribution in [2.45, 2.75) is 6.42 Å². The number of benzene rings is 2. The van der Waals surface area contributed by atoms with Crippen LogP contribution in [0, 0.1) is 0 Å². The fourth-order valence-corrected chi connectivity index (χ4v) is 1.66. The minimum absolute atomic E-state index is 0.0145. The summed E-state index contributed by atoms with van der Waals surface area (Å²) in [5.41, 5.74) is -0.145. The highest BCUT2D eigenvalue weighted by Crippen LogP contribution is 2.26. The smallest absolute Gasteiger partial charge is 0.339 e. The highest BCUT2D eigenvalue weighted by atomic mass is 16.5. The molecule has 0 fully saturated rings. The van der Waals surface area contributed by atoms with Crippen LogP contribution in [0.2, 0.25) is 0 Å². The number of ether oxygens (including phenoxy) is 2. The van der Waals surface area contributed by atoms with Gasteiger partial charge in [-0.3, -0.25) is 4.79 Å². The molecule has 6 heteroatoms. The Morgan fingerprint density at radius 1 is 0.870 bits per heavy atom. The van der Waals surface area contributed by atoms with Crippen LogP contribution >= 0.6 is 0 Å². The summed E-state index contributed by atoms with van der Waals surface area (Å²) in [5.74, 6) is -2.08. The van der Waals surface area contributed by atoms with Gasteiger partial charge in [0.15, 0.2) is 23.0 Å². The van der Waals surface area contributed by atoms with Crippen molar-refractivity contribution >= 4 is 11.9 Å². The molecule has 0 atom stereocenters. The van der Waals surface area contributed by atoms with Crippen molar-refractivity contribution < 1.29 is 29.3 Å². The summed E-state index contributed by atoms with van der Waals surface area (Å²) < 4.78 is 9.87. The van der Waals surface area contributed by atoms with E-state index in [1.165, 1.54) is 24.3 Å². The van der Waals surface area contributed by atoms with E-state index in [2.05, 4.69) is 6.58 Å². The Morgan fingerprint density at radius 3 is 1.87 bits per heavy atom. The van der Waals surface area contributed by atoms with E-state index in [4.69, 9.17) is 9.47 Å². The van der Waals surface area contributed by atoms with E-state index in [0.29, 0.717) is 0 Å². The maximum atomic E-state index is 11.8. The van der Waals surface area contributed by atoms with Crippen molar-refractivity contribution in [3.8, 4) is 23.0 Å². The Balaban J connectivity index is 1.93. The van der Waals surface area contributed by atoms with Gasteiger partial charge in [-0.1, -0.05) is 30.8 Å². The minimum Gasteiger partial charge on any atom is -0.504 e. The molecule has 2 N–H and O–H groups in total. The summed E-state index contributed by atoms with van der Waals surface area (Å²) in [6.07, 6.45) is -0.416. The van der Waals surface area contributed by atoms with Gasteiger partial charge in [-0.2, -0.15) is 0 Å². The molecule has 0 heterocycles. The molecule has 0 aromatic heterocycles. The van der Waals surface area contributed by atoms with Crippen LogP contribution in [0.5, 0.6) is 23.0 Å². The minimum atomic E-state index is -0.860. The van der Waals surface area contributed by atoms with Crippen molar-refractivity contribution in [1.29, 1.82) is 0 Å². The Kier molecular flexibility index (Phi) is 4.99. The van der Waals surface area contributed by atoms with E-state index in [1.807, 2.05) is 0 Å². The van der Waals surface area contributed by atoms with Gasteiger partial charge in [-0.15, -0.1) is 0 Å². The van der Waals surface area contributed by atoms with Crippen LogP contribution in [-0.4, -0.2) is 22.2 Å². The van der Waals surface area contributed by atoms with Gasteiger partial charge in [0.1, 0.15) is 0 Å². The number of carbonyl (C=O) groups is 2. The first-order valence-corrected chi connectivity index (χ1v) is 6.64. The van der Waals surface area contributed by atoms with Gasteiger partial charge in [0.25, 0.3) is 0 Å². The lowest BCUT2D eigenvalue weighted by atomic mass is 10.2. The zero-order chi connectivity index (χ0) is 16.8. The molecule has 0 amide bonds. The Morgan fingerprint density at radius 2 is 1.35 bits per heavy atom. The van der Waals surface area contributed by atoms with Crippen molar-refractivity contribution in [2.75, 3.05) is 0 Å². The lowest BCUT2D eigenvalue weighted by molar-refractivity contribution is -0.137. The third kappa shape index (κ3) is 4.34. The number of phenols is 2. The van der Waals surface area contributed by atoms with Crippen LogP contribution < -0.4 is 9.47 Å². The number of esters is 2. The first kappa shape index (κ1) is 16.1. The molecule has 0 aliphatic carbocycles. The van der Waals surface area contributed by atoms with E-state index in [0.717, 1.165) is 0 Å². The maximum absolute atomic E-state index is 11.8. The summed E-state index contributed by atoms with van der Waals surface area (Å²) >= 11 is 0. The van der Waals surface area contributed by atoms with E-state index in [1.54, 1.807) is 24.3 Å². The maximum Gasteiger partial charge on any atom is 0.339 e. The second-order valence-corrected chi connectivity index (χ2v) is 4.58. The normalized spacial score (nSPS) is 9.91. The van der Waals surface area contributed by atoms with Crippen molar-refractivity contribution in [2.24, 2.45) is 0 Å². The van der Waals surface area contributed by atoms with E-state index in [-0.39, 0.29) is 28.6 Å². The van der Waals surface area contributed by atoms with E-state index in [9.17, 15) is 19.8 Å². The molecule has 2 aromatic carbocycles. The summed E-state index contributed by atoms with van der Waals surface area (Å²) in [6.45, 7) is 3.46. The summed E-state index contributed by atoms with van der Waals surface area (Å²) in [4.78, 5) is 23.6. The second kappa shape index (κ2) is 7.13. The molecule has 0 saturated carbocycles. The van der Waals surface area contributed by atoms with Crippen LogP contribution in [0.3, 0.4) is 0 Å². The Labute approximate surface area is 132 Å². The molecule has 2 rings (SSSR count). The van der Waals surface area contributed by atoms with Crippen molar-refractivity contribution in [3.63, 3.8) is 0 Å². The number of carbonyl (C=O) groups excluding carboxylic acids is 2. The monoisotopic (exact) mass is 314 g/mol. The fraction of sp³-hybridized carbons (Fsp3) is 0.0588. The Hall–Kier alpha value is -3.28. The number of hydrogen-bond donors (Lipinski definition) is 2. The van der Waals surface area contributed by atoms with Crippen LogP contribution in [0.1, 0.15) is 6.42 Å². The van der Waals surface area contributed by atoms with Crippen molar-refractivity contribution in [1.82, 2.24) is 0 Å². The molecule has 0 radical (unpaired) electrons. The number of rotatable bonds is 5. The average Bonchev–Trinajstić information content (AvgIpc) is 2.51. The largest absolute Gasteiger partial charge is 0.504 e. The molecule has 2 aromatic rings. The molecule has 23 heavy (non-hydrogen) atoms. The SMILES string of the molecule is C=C(CC(=O)Oc1ccccc1O)C(=O)Oc1ccccc1O. The lowest BCUT2D eigenvalue weighted by Gasteiger charge is -2.08. The van der Waals surface area contributed by atoms with Crippen LogP contribution in [0.25, 0.3) is 0 Å². The number of para-hydroxylation sites is 4. The summed E-state index contributed by atoms with van der Waals surface area (Å²) in [7, 11) is 0. The second-order valence-electron chi connectivity index (χ2n) is 4.58. The van der Waals surface area contributed by atoms with Crippen LogP contribution in [-0.2, 0) is 9.59 Å². The van der Waals surface area contributed by atoms with Crippen molar-refractivity contribution in [3.05, 3.63) is 60.7 Å². The molecule has 0 saturated heterocycles. The standard InChI is InChI=1S/C17H14O6/c1-11(17(21)23-15-9-5-3-7-13(15)19)10-16(20)22-14-8-4-2-6-12(14)18/h2-9,18-19H,1,10H2. The van der Waals surface area contributed by atoms with Crippen LogP contribution in [0.15, 0.2) is 60.7 Å². The van der Waals surface area contributed by atoms with Gasteiger partial charge in [0, 0.05) is 5.57 Å². The predicted octanol–water partition coefficient (Wildman–Crippen LogP) is 2.56. The summed E-state index contributed by atoms with van der Waals surface area (Å²) in [5, 5.41) is 19.0. The fourth-order valence-electron chi connectivity index (χ4n) is 1.66. The number of aromatic hydroxyl groups is 2. The Bertz CT molecular complexity index is 750. The van der Waals surface area contributed by atoms with Crippen LogP contribution in [0.4, 0.5) is 0 Å². The van der Waals surface area contributed by atoms with Gasteiger partial charge in [0.05, 0.1) is 6.42 Å². The van der Waals surface area contributed by atoms with E-state index >= 15 is 0 Å². The topological polar surface area (TPSA) is 93.1 Å². The molecule has 118 valence electrons. The molecular weight excluding hydrogens is 300 g/mol. The quantitative estimate of drug-likeness (QED) is 0.500. The van der Waals surface area contributed by atoms with Gasteiger partial charge < -0.3 is 19.7 Å². The zero-order valence-corrected chi connectivity index (χ0v) is 12.1. The van der Waals surface area contributed by atoms with Gasteiger partial charge in [0.2, 0.25) is 0 Å². The molecule has 0 aliphatic rings. The van der Waals surface area contributed by atoms with Gasteiger partial charge in [-0.05, 0) is 24.3 Å². The summed E-state index contributed by atoms with van der Waals surface area (Å²) in [6, 6.07) is 11.9.